The Hall–Kier alpha value is -1.73. The SMILES string of the molecule is CCCC1CCc2nc(NC(=O)C(NC)c3cnn(C)c3)sc2C1. The zero-order valence-corrected chi connectivity index (χ0v) is 15.3. The summed E-state index contributed by atoms with van der Waals surface area (Å²) in [7, 11) is 3.62. The second-order valence-corrected chi connectivity index (χ2v) is 7.53. The Morgan fingerprint density at radius 3 is 3.04 bits per heavy atom. The number of nitrogens with zero attached hydrogens (tertiary/aromatic N) is 3. The molecule has 0 aliphatic heterocycles. The molecule has 2 heterocycles. The Labute approximate surface area is 146 Å². The van der Waals surface area contributed by atoms with Crippen LogP contribution in [0.4, 0.5) is 5.13 Å². The molecule has 0 spiro atoms. The summed E-state index contributed by atoms with van der Waals surface area (Å²) in [5.74, 6) is 0.675. The van der Waals surface area contributed by atoms with Crippen molar-refractivity contribution in [3.63, 3.8) is 0 Å². The highest BCUT2D eigenvalue weighted by atomic mass is 32.1. The van der Waals surface area contributed by atoms with E-state index in [2.05, 4.69) is 27.6 Å². The predicted octanol–water partition coefficient (Wildman–Crippen LogP) is 2.68. The molecule has 2 atom stereocenters. The Bertz CT molecular complexity index is 708. The molecule has 0 saturated heterocycles. The van der Waals surface area contributed by atoms with Crippen molar-refractivity contribution in [3.05, 3.63) is 28.5 Å². The molecule has 2 unspecified atom stereocenters. The monoisotopic (exact) mass is 347 g/mol. The number of hydrogen-bond acceptors (Lipinski definition) is 5. The number of carbonyl (C=O) groups is 1. The molecule has 0 bridgehead atoms. The maximum Gasteiger partial charge on any atom is 0.247 e. The lowest BCUT2D eigenvalue weighted by atomic mass is 9.88. The van der Waals surface area contributed by atoms with Gasteiger partial charge >= 0.3 is 0 Å². The topological polar surface area (TPSA) is 71.8 Å². The van der Waals surface area contributed by atoms with Crippen LogP contribution in [0.1, 0.15) is 48.4 Å². The molecule has 0 fully saturated rings. The van der Waals surface area contributed by atoms with Gasteiger partial charge in [0.15, 0.2) is 5.13 Å². The maximum absolute atomic E-state index is 12.6. The second kappa shape index (κ2) is 7.44. The van der Waals surface area contributed by atoms with Gasteiger partial charge in [0.1, 0.15) is 6.04 Å². The van der Waals surface area contributed by atoms with Gasteiger partial charge in [0.2, 0.25) is 5.91 Å². The van der Waals surface area contributed by atoms with Crippen molar-refractivity contribution in [2.45, 2.75) is 45.1 Å². The first-order chi connectivity index (χ1) is 11.6. The van der Waals surface area contributed by atoms with Gasteiger partial charge in [-0.25, -0.2) is 4.98 Å². The van der Waals surface area contributed by atoms with Crippen LogP contribution >= 0.6 is 11.3 Å². The van der Waals surface area contributed by atoms with Gasteiger partial charge in [0, 0.05) is 23.7 Å². The summed E-state index contributed by atoms with van der Waals surface area (Å²) in [6.07, 6.45) is 9.43. The molecule has 7 heteroatoms. The molecule has 3 rings (SSSR count). The molecule has 2 N–H and O–H groups in total. The third-order valence-electron chi connectivity index (χ3n) is 4.58. The molecule has 0 aromatic carbocycles. The highest BCUT2D eigenvalue weighted by Crippen LogP contribution is 2.34. The summed E-state index contributed by atoms with van der Waals surface area (Å²) in [4.78, 5) is 18.6. The molecule has 24 heavy (non-hydrogen) atoms. The van der Waals surface area contributed by atoms with Crippen LogP contribution in [-0.4, -0.2) is 27.7 Å². The average molecular weight is 347 g/mol. The van der Waals surface area contributed by atoms with E-state index >= 15 is 0 Å². The first kappa shape index (κ1) is 17.1. The highest BCUT2D eigenvalue weighted by molar-refractivity contribution is 7.15. The number of aryl methyl sites for hydroxylation is 2. The fourth-order valence-corrected chi connectivity index (χ4v) is 4.49. The van der Waals surface area contributed by atoms with Crippen LogP contribution in [0.3, 0.4) is 0 Å². The minimum Gasteiger partial charge on any atom is -0.305 e. The van der Waals surface area contributed by atoms with Crippen LogP contribution < -0.4 is 10.6 Å². The number of rotatable bonds is 6. The lowest BCUT2D eigenvalue weighted by Gasteiger charge is -2.19. The molecule has 1 amide bonds. The molecular formula is C17H25N5OS. The smallest absolute Gasteiger partial charge is 0.247 e. The van der Waals surface area contributed by atoms with E-state index in [0.717, 1.165) is 24.3 Å². The third kappa shape index (κ3) is 3.67. The van der Waals surface area contributed by atoms with Crippen LogP contribution in [0.2, 0.25) is 0 Å². The van der Waals surface area contributed by atoms with E-state index in [9.17, 15) is 4.79 Å². The Morgan fingerprint density at radius 1 is 1.54 bits per heavy atom. The normalized spacial score (nSPS) is 18.2. The van der Waals surface area contributed by atoms with Gasteiger partial charge in [0.05, 0.1) is 11.9 Å². The van der Waals surface area contributed by atoms with Crippen LogP contribution in [0.15, 0.2) is 12.4 Å². The van der Waals surface area contributed by atoms with E-state index in [4.69, 9.17) is 0 Å². The van der Waals surface area contributed by atoms with Crippen molar-refractivity contribution in [2.24, 2.45) is 13.0 Å². The minimum atomic E-state index is -0.424. The number of carbonyl (C=O) groups excluding carboxylic acids is 1. The largest absolute Gasteiger partial charge is 0.305 e. The Kier molecular flexibility index (Phi) is 5.30. The van der Waals surface area contributed by atoms with Crippen LogP contribution in [0.5, 0.6) is 0 Å². The summed E-state index contributed by atoms with van der Waals surface area (Å²) < 4.78 is 1.70. The van der Waals surface area contributed by atoms with E-state index < -0.39 is 6.04 Å². The van der Waals surface area contributed by atoms with E-state index in [0.29, 0.717) is 5.13 Å². The highest BCUT2D eigenvalue weighted by Gasteiger charge is 2.25. The number of fused-ring (bicyclic) bond motifs is 1. The van der Waals surface area contributed by atoms with Crippen molar-refractivity contribution in [3.8, 4) is 0 Å². The quantitative estimate of drug-likeness (QED) is 0.843. The van der Waals surface area contributed by atoms with Crippen LogP contribution in [0.25, 0.3) is 0 Å². The van der Waals surface area contributed by atoms with E-state index in [1.54, 1.807) is 29.3 Å². The fourth-order valence-electron chi connectivity index (χ4n) is 3.37. The molecule has 2 aromatic heterocycles. The minimum absolute atomic E-state index is 0.0956. The lowest BCUT2D eigenvalue weighted by Crippen LogP contribution is -2.30. The standard InChI is InChI=1S/C17H25N5OS/c1-4-5-11-6-7-13-14(8-11)24-17(20-13)21-16(23)15(18-2)12-9-19-22(3)10-12/h9-11,15,18H,4-8H2,1-3H3,(H,20,21,23). The molecule has 1 aliphatic carbocycles. The first-order valence-corrected chi connectivity index (χ1v) is 9.37. The number of likely N-dealkylation sites (N-methyl/N-ethyl adjacent to an activating group) is 1. The van der Waals surface area contributed by atoms with Gasteiger partial charge in [0.25, 0.3) is 0 Å². The summed E-state index contributed by atoms with van der Waals surface area (Å²) in [5.41, 5.74) is 2.02. The van der Waals surface area contributed by atoms with Crippen LogP contribution in [-0.2, 0) is 24.7 Å². The number of nitrogens with one attached hydrogen (secondary N) is 2. The molecule has 1 aliphatic rings. The lowest BCUT2D eigenvalue weighted by molar-refractivity contribution is -0.118. The Balaban J connectivity index is 1.69. The summed E-state index contributed by atoms with van der Waals surface area (Å²) in [6.45, 7) is 2.24. The number of anilines is 1. The van der Waals surface area contributed by atoms with Gasteiger partial charge in [-0.2, -0.15) is 5.10 Å². The zero-order chi connectivity index (χ0) is 17.1. The molecule has 0 saturated carbocycles. The Morgan fingerprint density at radius 2 is 2.38 bits per heavy atom. The van der Waals surface area contributed by atoms with E-state index in [-0.39, 0.29) is 5.91 Å². The fraction of sp³-hybridized carbons (Fsp3) is 0.588. The maximum atomic E-state index is 12.6. The van der Waals surface area contributed by atoms with Crippen molar-refractivity contribution >= 4 is 22.4 Å². The summed E-state index contributed by atoms with van der Waals surface area (Å²) >= 11 is 1.63. The molecule has 2 aromatic rings. The molecule has 6 nitrogen and oxygen atoms in total. The van der Waals surface area contributed by atoms with Gasteiger partial charge in [-0.05, 0) is 32.2 Å². The summed E-state index contributed by atoms with van der Waals surface area (Å²) in [6, 6.07) is -0.424. The second-order valence-electron chi connectivity index (χ2n) is 6.44. The van der Waals surface area contributed by atoms with Crippen LogP contribution in [0, 0.1) is 5.92 Å². The number of thiazole rings is 1. The van der Waals surface area contributed by atoms with Crippen molar-refractivity contribution in [1.29, 1.82) is 0 Å². The number of hydrogen-bond donors (Lipinski definition) is 2. The first-order valence-electron chi connectivity index (χ1n) is 8.56. The van der Waals surface area contributed by atoms with Crippen molar-refractivity contribution in [2.75, 3.05) is 12.4 Å². The zero-order valence-electron chi connectivity index (χ0n) is 14.5. The van der Waals surface area contributed by atoms with Gasteiger partial charge in [-0.1, -0.05) is 19.8 Å². The van der Waals surface area contributed by atoms with Gasteiger partial charge in [-0.3, -0.25) is 9.48 Å². The summed E-state index contributed by atoms with van der Waals surface area (Å²) in [5, 5.41) is 10.9. The molecular weight excluding hydrogens is 322 g/mol. The molecule has 0 radical (unpaired) electrons. The third-order valence-corrected chi connectivity index (χ3v) is 5.61. The van der Waals surface area contributed by atoms with Gasteiger partial charge in [-0.15, -0.1) is 11.3 Å². The van der Waals surface area contributed by atoms with Crippen molar-refractivity contribution < 1.29 is 4.79 Å². The number of aromatic nitrogens is 3. The van der Waals surface area contributed by atoms with Crippen molar-refractivity contribution in [1.82, 2.24) is 20.1 Å². The average Bonchev–Trinajstić information content (AvgIpc) is 3.14. The van der Waals surface area contributed by atoms with E-state index in [1.165, 1.54) is 29.8 Å². The molecule has 130 valence electrons. The van der Waals surface area contributed by atoms with E-state index in [1.807, 2.05) is 13.2 Å². The number of amides is 1. The van der Waals surface area contributed by atoms with Gasteiger partial charge < -0.3 is 10.6 Å². The predicted molar refractivity (Wildman–Crippen MR) is 96.2 cm³/mol.